The zero-order valence-corrected chi connectivity index (χ0v) is 16.2. The maximum absolute atomic E-state index is 12.0. The molecule has 124 valence electrons. The summed E-state index contributed by atoms with van der Waals surface area (Å²) in [5.74, 6) is -0.0142. The van der Waals surface area contributed by atoms with Gasteiger partial charge in [0, 0.05) is 6.61 Å². The third-order valence-corrected chi connectivity index (χ3v) is 8.36. The second-order valence-electron chi connectivity index (χ2n) is 8.25. The van der Waals surface area contributed by atoms with E-state index in [1.54, 1.807) is 0 Å². The van der Waals surface area contributed by atoms with E-state index >= 15 is 0 Å². The first-order chi connectivity index (χ1) is 9.28. The summed E-state index contributed by atoms with van der Waals surface area (Å²) in [7, 11) is -1.78. The molecule has 21 heavy (non-hydrogen) atoms. The smallest absolute Gasteiger partial charge is 0.306 e. The highest BCUT2D eigenvalue weighted by Crippen LogP contribution is 2.37. The molecule has 0 bridgehead atoms. The summed E-state index contributed by atoms with van der Waals surface area (Å²) >= 11 is 0. The van der Waals surface area contributed by atoms with Crippen molar-refractivity contribution in [2.45, 2.75) is 78.1 Å². The molecule has 0 amide bonds. The van der Waals surface area contributed by atoms with Gasteiger partial charge in [-0.05, 0) is 51.2 Å². The van der Waals surface area contributed by atoms with Crippen LogP contribution in [0, 0.1) is 5.92 Å². The highest BCUT2D eigenvalue weighted by molar-refractivity contribution is 6.74. The topological polar surface area (TPSA) is 35.5 Å². The Kier molecular flexibility index (Phi) is 7.37. The van der Waals surface area contributed by atoms with E-state index in [4.69, 9.17) is 9.16 Å². The van der Waals surface area contributed by atoms with Crippen LogP contribution in [0.15, 0.2) is 12.7 Å². The SMILES string of the molecule is C=CC[C@@H](CO[Si](C)(C)C(C)(C)C)CC(=O)OC(C)(C)C. The maximum atomic E-state index is 12.0. The standard InChI is InChI=1S/C17H34O3Si/c1-10-11-14(12-15(18)20-16(2,3)4)13-19-21(8,9)17(5,6)7/h10,14H,1,11-13H2,2-9H3/t14-/m1/s1. The fourth-order valence-corrected chi connectivity index (χ4v) is 2.69. The number of esters is 1. The van der Waals surface area contributed by atoms with Crippen LogP contribution < -0.4 is 0 Å². The molecule has 0 unspecified atom stereocenters. The van der Waals surface area contributed by atoms with Gasteiger partial charge in [-0.3, -0.25) is 4.79 Å². The molecule has 1 atom stereocenters. The van der Waals surface area contributed by atoms with E-state index in [1.807, 2.05) is 26.8 Å². The number of allylic oxidation sites excluding steroid dienone is 1. The molecular weight excluding hydrogens is 280 g/mol. The van der Waals surface area contributed by atoms with E-state index in [9.17, 15) is 4.79 Å². The lowest BCUT2D eigenvalue weighted by atomic mass is 10.0. The van der Waals surface area contributed by atoms with Crippen molar-refractivity contribution in [3.8, 4) is 0 Å². The Morgan fingerprint density at radius 1 is 1.19 bits per heavy atom. The van der Waals surface area contributed by atoms with Crippen LogP contribution in [-0.4, -0.2) is 26.5 Å². The Morgan fingerprint density at radius 2 is 1.71 bits per heavy atom. The largest absolute Gasteiger partial charge is 0.460 e. The number of hydrogen-bond donors (Lipinski definition) is 0. The minimum atomic E-state index is -1.78. The van der Waals surface area contributed by atoms with E-state index < -0.39 is 13.9 Å². The van der Waals surface area contributed by atoms with Crippen molar-refractivity contribution < 1.29 is 14.0 Å². The third kappa shape index (κ3) is 8.42. The van der Waals surface area contributed by atoms with E-state index in [1.165, 1.54) is 0 Å². The molecule has 0 saturated carbocycles. The summed E-state index contributed by atoms with van der Waals surface area (Å²) in [5.41, 5.74) is -0.434. The van der Waals surface area contributed by atoms with Crippen molar-refractivity contribution in [2.24, 2.45) is 5.92 Å². The predicted molar refractivity (Wildman–Crippen MR) is 91.9 cm³/mol. The average molecular weight is 315 g/mol. The molecule has 0 aromatic carbocycles. The highest BCUT2D eigenvalue weighted by atomic mass is 28.4. The van der Waals surface area contributed by atoms with Crippen LogP contribution >= 0.6 is 0 Å². The Hall–Kier alpha value is -0.613. The van der Waals surface area contributed by atoms with E-state index in [2.05, 4.69) is 40.4 Å². The van der Waals surface area contributed by atoms with Crippen LogP contribution in [0.1, 0.15) is 54.4 Å². The van der Waals surface area contributed by atoms with Gasteiger partial charge in [-0.15, -0.1) is 6.58 Å². The van der Waals surface area contributed by atoms with Crippen LogP contribution in [0.25, 0.3) is 0 Å². The molecule has 0 aromatic heterocycles. The van der Waals surface area contributed by atoms with Gasteiger partial charge in [0.2, 0.25) is 0 Å². The van der Waals surface area contributed by atoms with Crippen molar-refractivity contribution in [1.82, 2.24) is 0 Å². The molecule has 0 N–H and O–H groups in total. The first kappa shape index (κ1) is 20.4. The summed E-state index contributed by atoms with van der Waals surface area (Å²) in [4.78, 5) is 12.0. The van der Waals surface area contributed by atoms with Gasteiger partial charge in [-0.25, -0.2) is 0 Å². The molecule has 0 aliphatic rings. The Labute approximate surface area is 132 Å². The minimum Gasteiger partial charge on any atom is -0.460 e. The van der Waals surface area contributed by atoms with Crippen molar-refractivity contribution in [3.05, 3.63) is 12.7 Å². The van der Waals surface area contributed by atoms with Crippen LogP contribution in [0.5, 0.6) is 0 Å². The van der Waals surface area contributed by atoms with Gasteiger partial charge >= 0.3 is 5.97 Å². The average Bonchev–Trinajstić information content (AvgIpc) is 2.22. The molecule has 0 aromatic rings. The zero-order chi connectivity index (χ0) is 16.9. The lowest BCUT2D eigenvalue weighted by Gasteiger charge is -2.37. The highest BCUT2D eigenvalue weighted by Gasteiger charge is 2.37. The van der Waals surface area contributed by atoms with Gasteiger partial charge in [-0.2, -0.15) is 0 Å². The van der Waals surface area contributed by atoms with E-state index in [0.29, 0.717) is 13.0 Å². The third-order valence-electron chi connectivity index (χ3n) is 3.86. The zero-order valence-electron chi connectivity index (χ0n) is 15.2. The van der Waals surface area contributed by atoms with E-state index in [0.717, 1.165) is 6.42 Å². The lowest BCUT2D eigenvalue weighted by Crippen LogP contribution is -2.42. The fourth-order valence-electron chi connectivity index (χ4n) is 1.61. The first-order valence-electron chi connectivity index (χ1n) is 7.75. The van der Waals surface area contributed by atoms with Gasteiger partial charge in [0.25, 0.3) is 0 Å². The monoisotopic (exact) mass is 314 g/mol. The van der Waals surface area contributed by atoms with Crippen molar-refractivity contribution in [3.63, 3.8) is 0 Å². The van der Waals surface area contributed by atoms with Gasteiger partial charge in [0.05, 0.1) is 6.42 Å². The molecule has 0 radical (unpaired) electrons. The summed E-state index contributed by atoms with van der Waals surface area (Å²) < 4.78 is 11.6. The van der Waals surface area contributed by atoms with Crippen LogP contribution in [0.4, 0.5) is 0 Å². The molecule has 0 aliphatic carbocycles. The second-order valence-corrected chi connectivity index (χ2v) is 13.1. The number of ether oxygens (including phenoxy) is 1. The molecule has 0 aliphatic heterocycles. The quantitative estimate of drug-likeness (QED) is 0.379. The lowest BCUT2D eigenvalue weighted by molar-refractivity contribution is -0.156. The number of carbonyl (C=O) groups excluding carboxylic acids is 1. The van der Waals surface area contributed by atoms with Crippen molar-refractivity contribution in [1.29, 1.82) is 0 Å². The molecule has 0 heterocycles. The number of rotatable bonds is 7. The molecule has 0 fully saturated rings. The number of hydrogen-bond acceptors (Lipinski definition) is 3. The minimum absolute atomic E-state index is 0.145. The maximum Gasteiger partial charge on any atom is 0.306 e. The molecule has 3 nitrogen and oxygen atoms in total. The Bertz CT molecular complexity index is 348. The Morgan fingerprint density at radius 3 is 2.10 bits per heavy atom. The second kappa shape index (κ2) is 7.59. The summed E-state index contributed by atoms with van der Waals surface area (Å²) in [6, 6.07) is 0. The summed E-state index contributed by atoms with van der Waals surface area (Å²) in [6.45, 7) is 21.2. The fraction of sp³-hybridized carbons (Fsp3) is 0.824. The van der Waals surface area contributed by atoms with Gasteiger partial charge in [-0.1, -0.05) is 26.8 Å². The Balaban J connectivity index is 4.58. The molecule has 0 saturated heterocycles. The first-order valence-corrected chi connectivity index (χ1v) is 10.7. The normalized spacial score (nSPS) is 14.7. The molecular formula is C17H34O3Si. The summed E-state index contributed by atoms with van der Waals surface area (Å²) in [6.07, 6.45) is 3.01. The molecule has 4 heteroatoms. The summed E-state index contributed by atoms with van der Waals surface area (Å²) in [5, 5.41) is 0.178. The van der Waals surface area contributed by atoms with Gasteiger partial charge < -0.3 is 9.16 Å². The van der Waals surface area contributed by atoms with Crippen LogP contribution in [-0.2, 0) is 14.0 Å². The van der Waals surface area contributed by atoms with Gasteiger partial charge in [0.1, 0.15) is 5.60 Å². The predicted octanol–water partition coefficient (Wildman–Crippen LogP) is 4.93. The van der Waals surface area contributed by atoms with Crippen LogP contribution in [0.3, 0.4) is 0 Å². The van der Waals surface area contributed by atoms with Crippen molar-refractivity contribution in [2.75, 3.05) is 6.61 Å². The number of carbonyl (C=O) groups is 1. The van der Waals surface area contributed by atoms with Gasteiger partial charge in [0.15, 0.2) is 8.32 Å². The van der Waals surface area contributed by atoms with Crippen molar-refractivity contribution >= 4 is 14.3 Å². The molecule has 0 rings (SSSR count). The van der Waals surface area contributed by atoms with Crippen LogP contribution in [0.2, 0.25) is 18.1 Å². The van der Waals surface area contributed by atoms with E-state index in [-0.39, 0.29) is 16.9 Å². The molecule has 0 spiro atoms.